The van der Waals surface area contributed by atoms with Crippen molar-refractivity contribution in [1.29, 1.82) is 0 Å². The molecule has 0 aliphatic carbocycles. The first-order valence-corrected chi connectivity index (χ1v) is 5.89. The summed E-state index contributed by atoms with van der Waals surface area (Å²) in [5.41, 5.74) is 6.00. The second-order valence-corrected chi connectivity index (χ2v) is 5.08. The molecule has 1 aromatic rings. The zero-order chi connectivity index (χ0) is 11.8. The SMILES string of the molecule is CC(C)C(C)(CN)N1CCn2cnnc2C1. The zero-order valence-corrected chi connectivity index (χ0v) is 10.3. The van der Waals surface area contributed by atoms with Crippen LogP contribution >= 0.6 is 0 Å². The van der Waals surface area contributed by atoms with Gasteiger partial charge in [0, 0.05) is 25.2 Å². The fraction of sp³-hybridized carbons (Fsp3) is 0.818. The Morgan fingerprint density at radius 2 is 2.25 bits per heavy atom. The molecule has 2 heterocycles. The van der Waals surface area contributed by atoms with Crippen molar-refractivity contribution in [2.75, 3.05) is 13.1 Å². The highest BCUT2D eigenvalue weighted by Crippen LogP contribution is 2.27. The Balaban J connectivity index is 2.19. The fourth-order valence-corrected chi connectivity index (χ4v) is 2.23. The van der Waals surface area contributed by atoms with Crippen molar-refractivity contribution in [3.05, 3.63) is 12.2 Å². The van der Waals surface area contributed by atoms with Crippen molar-refractivity contribution in [2.24, 2.45) is 11.7 Å². The Bertz CT molecular complexity index is 359. The van der Waals surface area contributed by atoms with Gasteiger partial charge >= 0.3 is 0 Å². The number of fused-ring (bicyclic) bond motifs is 1. The molecule has 5 nitrogen and oxygen atoms in total. The smallest absolute Gasteiger partial charge is 0.147 e. The van der Waals surface area contributed by atoms with Crippen LogP contribution in [-0.2, 0) is 13.1 Å². The molecule has 0 fully saturated rings. The summed E-state index contributed by atoms with van der Waals surface area (Å²) >= 11 is 0. The quantitative estimate of drug-likeness (QED) is 0.809. The van der Waals surface area contributed by atoms with E-state index in [1.807, 2.05) is 6.33 Å². The predicted molar refractivity (Wildman–Crippen MR) is 62.7 cm³/mol. The maximum Gasteiger partial charge on any atom is 0.147 e. The molecule has 1 aliphatic heterocycles. The highest BCUT2D eigenvalue weighted by atomic mass is 15.3. The van der Waals surface area contributed by atoms with Crippen LogP contribution in [0.25, 0.3) is 0 Å². The van der Waals surface area contributed by atoms with Gasteiger partial charge in [-0.1, -0.05) is 13.8 Å². The molecule has 0 radical (unpaired) electrons. The molecule has 1 aliphatic rings. The Hall–Kier alpha value is -0.940. The van der Waals surface area contributed by atoms with Crippen LogP contribution in [0, 0.1) is 5.92 Å². The minimum absolute atomic E-state index is 0.0528. The van der Waals surface area contributed by atoms with Gasteiger partial charge < -0.3 is 10.3 Å². The number of aromatic nitrogens is 3. The average Bonchev–Trinajstić information content (AvgIpc) is 2.74. The summed E-state index contributed by atoms with van der Waals surface area (Å²) in [6, 6.07) is 0. The van der Waals surface area contributed by atoms with Crippen LogP contribution in [0.4, 0.5) is 0 Å². The van der Waals surface area contributed by atoms with Crippen LogP contribution in [0.15, 0.2) is 6.33 Å². The molecule has 1 atom stereocenters. The fourth-order valence-electron chi connectivity index (χ4n) is 2.23. The molecular weight excluding hydrogens is 202 g/mol. The van der Waals surface area contributed by atoms with E-state index < -0.39 is 0 Å². The van der Waals surface area contributed by atoms with E-state index in [0.717, 1.165) is 25.5 Å². The molecule has 0 aromatic carbocycles. The lowest BCUT2D eigenvalue weighted by atomic mass is 9.86. The van der Waals surface area contributed by atoms with Gasteiger partial charge in [0.05, 0.1) is 6.54 Å². The molecule has 2 N–H and O–H groups in total. The summed E-state index contributed by atoms with van der Waals surface area (Å²) in [5.74, 6) is 1.58. The third kappa shape index (κ3) is 1.74. The molecule has 1 aromatic heterocycles. The highest BCUT2D eigenvalue weighted by Gasteiger charge is 2.36. The van der Waals surface area contributed by atoms with E-state index in [1.54, 1.807) is 0 Å². The standard InChI is InChI=1S/C11H21N5/c1-9(2)11(3,7-12)16-5-4-15-8-13-14-10(15)6-16/h8-9H,4-7,12H2,1-3H3. The first kappa shape index (κ1) is 11.5. The van der Waals surface area contributed by atoms with Gasteiger partial charge in [0.15, 0.2) is 0 Å². The van der Waals surface area contributed by atoms with E-state index in [1.165, 1.54) is 0 Å². The third-order valence-corrected chi connectivity index (χ3v) is 4.02. The van der Waals surface area contributed by atoms with Crippen molar-refractivity contribution >= 4 is 0 Å². The lowest BCUT2D eigenvalue weighted by molar-refractivity contribution is 0.0406. The van der Waals surface area contributed by atoms with Crippen molar-refractivity contribution < 1.29 is 0 Å². The first-order chi connectivity index (χ1) is 7.58. The van der Waals surface area contributed by atoms with Gasteiger partial charge in [-0.2, -0.15) is 0 Å². The molecule has 0 bridgehead atoms. The molecule has 5 heteroatoms. The van der Waals surface area contributed by atoms with E-state index in [4.69, 9.17) is 5.73 Å². The van der Waals surface area contributed by atoms with Crippen LogP contribution in [0.5, 0.6) is 0 Å². The second kappa shape index (κ2) is 4.14. The zero-order valence-electron chi connectivity index (χ0n) is 10.3. The predicted octanol–water partition coefficient (Wildman–Crippen LogP) is 0.467. The minimum atomic E-state index is 0.0528. The molecule has 16 heavy (non-hydrogen) atoms. The van der Waals surface area contributed by atoms with Crippen LogP contribution in [-0.4, -0.2) is 38.3 Å². The van der Waals surface area contributed by atoms with Gasteiger partial charge in [0.25, 0.3) is 0 Å². The lowest BCUT2D eigenvalue weighted by Gasteiger charge is -2.45. The molecule has 0 saturated carbocycles. The molecule has 1 unspecified atom stereocenters. The van der Waals surface area contributed by atoms with E-state index in [-0.39, 0.29) is 5.54 Å². The average molecular weight is 223 g/mol. The molecule has 2 rings (SSSR count). The largest absolute Gasteiger partial charge is 0.329 e. The highest BCUT2D eigenvalue weighted by molar-refractivity contribution is 4.97. The number of rotatable bonds is 3. The van der Waals surface area contributed by atoms with Gasteiger partial charge in [0.1, 0.15) is 12.2 Å². The monoisotopic (exact) mass is 223 g/mol. The van der Waals surface area contributed by atoms with Crippen molar-refractivity contribution in [1.82, 2.24) is 19.7 Å². The summed E-state index contributed by atoms with van der Waals surface area (Å²) in [6.07, 6.45) is 1.81. The van der Waals surface area contributed by atoms with E-state index in [2.05, 4.69) is 40.4 Å². The number of nitrogens with zero attached hydrogens (tertiary/aromatic N) is 4. The Kier molecular flexibility index (Phi) is 2.99. The van der Waals surface area contributed by atoms with E-state index in [0.29, 0.717) is 12.5 Å². The first-order valence-electron chi connectivity index (χ1n) is 5.89. The van der Waals surface area contributed by atoms with Crippen molar-refractivity contribution in [3.63, 3.8) is 0 Å². The summed E-state index contributed by atoms with van der Waals surface area (Å²) in [5, 5.41) is 8.09. The Labute approximate surface area is 96.6 Å². The summed E-state index contributed by atoms with van der Waals surface area (Å²) < 4.78 is 2.12. The van der Waals surface area contributed by atoms with Crippen LogP contribution < -0.4 is 5.73 Å². The number of nitrogens with two attached hydrogens (primary N) is 1. The number of hydrogen-bond donors (Lipinski definition) is 1. The Morgan fingerprint density at radius 3 is 2.88 bits per heavy atom. The summed E-state index contributed by atoms with van der Waals surface area (Å²) in [4.78, 5) is 2.43. The molecular formula is C11H21N5. The maximum absolute atomic E-state index is 5.95. The van der Waals surface area contributed by atoms with Crippen LogP contribution in [0.3, 0.4) is 0 Å². The van der Waals surface area contributed by atoms with Gasteiger partial charge in [-0.3, -0.25) is 4.90 Å². The minimum Gasteiger partial charge on any atom is -0.329 e. The lowest BCUT2D eigenvalue weighted by Crippen LogP contribution is -2.57. The maximum atomic E-state index is 5.95. The molecule has 0 saturated heterocycles. The van der Waals surface area contributed by atoms with Gasteiger partial charge in [-0.15, -0.1) is 10.2 Å². The van der Waals surface area contributed by atoms with Gasteiger partial charge in [0.2, 0.25) is 0 Å². The summed E-state index contributed by atoms with van der Waals surface area (Å²) in [6.45, 7) is 10.2. The topological polar surface area (TPSA) is 60.0 Å². The second-order valence-electron chi connectivity index (χ2n) is 5.08. The molecule has 90 valence electrons. The van der Waals surface area contributed by atoms with Crippen LogP contribution in [0.2, 0.25) is 0 Å². The van der Waals surface area contributed by atoms with Crippen molar-refractivity contribution in [3.8, 4) is 0 Å². The summed E-state index contributed by atoms with van der Waals surface area (Å²) in [7, 11) is 0. The third-order valence-electron chi connectivity index (χ3n) is 4.02. The number of hydrogen-bond acceptors (Lipinski definition) is 4. The van der Waals surface area contributed by atoms with E-state index in [9.17, 15) is 0 Å². The Morgan fingerprint density at radius 1 is 1.50 bits per heavy atom. The van der Waals surface area contributed by atoms with Crippen molar-refractivity contribution in [2.45, 2.75) is 39.4 Å². The van der Waals surface area contributed by atoms with Crippen LogP contribution in [0.1, 0.15) is 26.6 Å². The van der Waals surface area contributed by atoms with Gasteiger partial charge in [-0.05, 0) is 12.8 Å². The van der Waals surface area contributed by atoms with Gasteiger partial charge in [-0.25, -0.2) is 0 Å². The molecule has 0 amide bonds. The van der Waals surface area contributed by atoms with E-state index >= 15 is 0 Å². The molecule has 0 spiro atoms. The normalized spacial score (nSPS) is 20.8.